The average molecular weight is 497 g/mol. The lowest BCUT2D eigenvalue weighted by Crippen LogP contribution is -2.16. The maximum atomic E-state index is 5.79. The van der Waals surface area contributed by atoms with Gasteiger partial charge in [0.1, 0.15) is 0 Å². The minimum Gasteiger partial charge on any atom is -0.217 e. The number of hydrogen-bond acceptors (Lipinski definition) is 3. The van der Waals surface area contributed by atoms with Crippen LogP contribution < -0.4 is 5.46 Å². The van der Waals surface area contributed by atoms with E-state index in [-0.39, 0.29) is 24.8 Å². The quantitative estimate of drug-likeness (QED) is 0.336. The first-order chi connectivity index (χ1) is 13.1. The Hall–Kier alpha value is -0.745. The Balaban J connectivity index is 0.000000292. The second-order valence-corrected chi connectivity index (χ2v) is 10.4. The summed E-state index contributed by atoms with van der Waals surface area (Å²) < 4.78 is -3.70. The van der Waals surface area contributed by atoms with Gasteiger partial charge in [-0.1, -0.05) is 130 Å². The van der Waals surface area contributed by atoms with Crippen molar-refractivity contribution >= 4 is 82.3 Å². The predicted octanol–water partition coefficient (Wildman–Crippen LogP) is 5.72. The molecule has 28 heavy (non-hydrogen) atoms. The first-order valence-electron chi connectivity index (χ1n) is 8.55. The average Bonchev–Trinajstić information content (AvgIpc) is 2.68. The van der Waals surface area contributed by atoms with Crippen LogP contribution in [0.25, 0.3) is 11.4 Å². The minimum atomic E-state index is -1.85. The highest BCUT2D eigenvalue weighted by molar-refractivity contribution is 6.67. The van der Waals surface area contributed by atoms with Gasteiger partial charge in [0.05, 0.1) is 0 Å². The predicted molar refractivity (Wildman–Crippen MR) is 124 cm³/mol. The third-order valence-corrected chi connectivity index (χ3v) is 4.71. The number of rotatable bonds is 2. The maximum absolute atomic E-state index is 5.79. The normalized spacial score (nSPS) is 11.5. The second-order valence-electron chi connectivity index (χ2n) is 5.82. The van der Waals surface area contributed by atoms with Gasteiger partial charge in [-0.25, -0.2) is 20.4 Å². The molecule has 0 amide bonds. The van der Waals surface area contributed by atoms with E-state index in [4.69, 9.17) is 69.6 Å². The second kappa shape index (κ2) is 10.3. The molecule has 3 rings (SSSR count). The summed E-state index contributed by atoms with van der Waals surface area (Å²) in [5, 5.41) is 0. The molecule has 0 aliphatic rings. The van der Waals surface area contributed by atoms with E-state index in [0.717, 1.165) is 0 Å². The van der Waals surface area contributed by atoms with Crippen LogP contribution in [0, 0.1) is 0 Å². The largest absolute Gasteiger partial charge is 0.250 e. The smallest absolute Gasteiger partial charge is 0.217 e. The number of hydrogen-bond donors (Lipinski definition) is 0. The van der Waals surface area contributed by atoms with Gasteiger partial charge in [0.25, 0.3) is 0 Å². The number of nitrogens with zero attached hydrogens (tertiary/aromatic N) is 3. The van der Waals surface area contributed by atoms with Crippen molar-refractivity contribution in [3.63, 3.8) is 0 Å². The summed E-state index contributed by atoms with van der Waals surface area (Å²) >= 11 is 34.7. The van der Waals surface area contributed by atoms with Crippen LogP contribution in [0.3, 0.4) is 0 Å². The third kappa shape index (κ3) is 7.25. The molecule has 0 atom stereocenters. The summed E-state index contributed by atoms with van der Waals surface area (Å²) in [7, 11) is 0.196. The first-order valence-corrected chi connectivity index (χ1v) is 10.8. The molecule has 0 bridgehead atoms. The fraction of sp³-hybridized carbons (Fsp3) is 0.167. The molecule has 0 saturated carbocycles. The van der Waals surface area contributed by atoms with Crippen molar-refractivity contribution in [1.82, 2.24) is 15.0 Å². The molecule has 0 fully saturated rings. The van der Waals surface area contributed by atoms with Crippen molar-refractivity contribution in [1.29, 1.82) is 0 Å². The maximum Gasteiger partial charge on any atom is 0.250 e. The Labute approximate surface area is 194 Å². The van der Waals surface area contributed by atoms with Crippen LogP contribution in [0.5, 0.6) is 0 Å². The highest BCUT2D eigenvalue weighted by atomic mass is 35.6. The fourth-order valence-corrected chi connectivity index (χ4v) is 2.72. The first kappa shape index (κ1) is 23.5. The molecule has 0 spiro atoms. The fourth-order valence-electron chi connectivity index (χ4n) is 2.21. The van der Waals surface area contributed by atoms with E-state index in [1.54, 1.807) is 12.1 Å². The van der Waals surface area contributed by atoms with Crippen molar-refractivity contribution in [2.75, 3.05) is 0 Å². The van der Waals surface area contributed by atoms with Gasteiger partial charge in [-0.15, -0.1) is 0 Å². The summed E-state index contributed by atoms with van der Waals surface area (Å²) in [5.74, 6) is 0.0265. The molecule has 2 aromatic carbocycles. The number of alkyl halides is 6. The van der Waals surface area contributed by atoms with Crippen LogP contribution in [-0.2, 0) is 7.59 Å². The van der Waals surface area contributed by atoms with Gasteiger partial charge < -0.3 is 0 Å². The van der Waals surface area contributed by atoms with Crippen molar-refractivity contribution in [2.45, 2.75) is 14.4 Å². The van der Waals surface area contributed by atoms with Gasteiger partial charge in [0.2, 0.25) is 7.59 Å². The zero-order valence-corrected chi connectivity index (χ0v) is 19.4. The van der Waals surface area contributed by atoms with E-state index in [2.05, 4.69) is 52.1 Å². The molecule has 0 unspecified atom stereocenters. The summed E-state index contributed by atoms with van der Waals surface area (Å²) in [4.78, 5) is 12.1. The lowest BCUT2D eigenvalue weighted by Gasteiger charge is -2.15. The Bertz CT molecular complexity index is 851. The van der Waals surface area contributed by atoms with E-state index in [9.17, 15) is 0 Å². The Kier molecular flexibility index (Phi) is 8.69. The third-order valence-electron chi connectivity index (χ3n) is 3.69. The van der Waals surface area contributed by atoms with Crippen LogP contribution in [0.1, 0.15) is 11.6 Å². The van der Waals surface area contributed by atoms with E-state index in [1.807, 2.05) is 18.2 Å². The number of benzene rings is 2. The molecule has 148 valence electrons. The van der Waals surface area contributed by atoms with Crippen molar-refractivity contribution < 1.29 is 0 Å². The minimum absolute atomic E-state index is 0.113. The molecule has 0 aliphatic carbocycles. The monoisotopic (exact) mass is 494 g/mol. The van der Waals surface area contributed by atoms with E-state index >= 15 is 0 Å². The molecule has 0 aliphatic heterocycles. The summed E-state index contributed by atoms with van der Waals surface area (Å²) in [6.07, 6.45) is 0. The van der Waals surface area contributed by atoms with Gasteiger partial charge in [0.15, 0.2) is 17.5 Å². The Morgan fingerprint density at radius 2 is 1.07 bits per heavy atom. The summed E-state index contributed by atoms with van der Waals surface area (Å²) in [6, 6.07) is 19.7. The van der Waals surface area contributed by atoms with Gasteiger partial charge in [0, 0.05) is 5.56 Å². The Morgan fingerprint density at radius 1 is 0.643 bits per heavy atom. The molecular formula is C18H15BCl6N3-. The van der Waals surface area contributed by atoms with Crippen molar-refractivity contribution in [3.05, 3.63) is 72.3 Å². The molecule has 10 heteroatoms. The van der Waals surface area contributed by atoms with E-state index in [0.29, 0.717) is 5.56 Å². The summed E-state index contributed by atoms with van der Waals surface area (Å²) in [5.41, 5.74) is 2.22. The standard InChI is InChI=1S/C11H5Cl6N3.C7H10B/c12-10(13,14)8-18-7(6-4-2-1-3-5-6)19-9(20-8)11(15,16)17;1-8-7-5-3-2-4-6-7/h1-5H;2-6H,8H2,1H3/q;-1. The van der Waals surface area contributed by atoms with Gasteiger partial charge in [-0.05, 0) is 7.28 Å². The molecule has 3 aromatic rings. The van der Waals surface area contributed by atoms with Crippen LogP contribution >= 0.6 is 69.6 Å². The van der Waals surface area contributed by atoms with Crippen LogP contribution in [0.15, 0.2) is 60.7 Å². The highest BCUT2D eigenvalue weighted by Crippen LogP contribution is 2.40. The van der Waals surface area contributed by atoms with E-state index in [1.165, 1.54) is 5.46 Å². The zero-order valence-electron chi connectivity index (χ0n) is 14.9. The van der Waals surface area contributed by atoms with Gasteiger partial charge in [-0.3, -0.25) is 0 Å². The molecular weight excluding hydrogens is 482 g/mol. The molecule has 0 N–H and O–H groups in total. The SMILES string of the molecule is C[BH2-]c1ccccc1.ClC(Cl)(Cl)c1nc(-c2ccccc2)nc(C(Cl)(Cl)Cl)n1. The lowest BCUT2D eigenvalue weighted by atomic mass is 9.74. The van der Waals surface area contributed by atoms with Crippen molar-refractivity contribution in [3.8, 4) is 11.4 Å². The van der Waals surface area contributed by atoms with E-state index < -0.39 is 7.59 Å². The molecule has 1 heterocycles. The van der Waals surface area contributed by atoms with Crippen LogP contribution in [0.2, 0.25) is 6.82 Å². The summed E-state index contributed by atoms with van der Waals surface area (Å²) in [6.45, 7) is 2.29. The van der Waals surface area contributed by atoms with Crippen molar-refractivity contribution in [2.24, 2.45) is 0 Å². The Morgan fingerprint density at radius 3 is 1.43 bits per heavy atom. The van der Waals surface area contributed by atoms with Crippen LogP contribution in [-0.4, -0.2) is 22.2 Å². The highest BCUT2D eigenvalue weighted by Gasteiger charge is 2.33. The number of halogens is 6. The lowest BCUT2D eigenvalue weighted by molar-refractivity contribution is 0.851. The molecule has 3 nitrogen and oxygen atoms in total. The van der Waals surface area contributed by atoms with Gasteiger partial charge >= 0.3 is 0 Å². The zero-order chi connectivity index (χ0) is 20.8. The van der Waals surface area contributed by atoms with Gasteiger partial charge in [-0.2, -0.15) is 6.82 Å². The molecule has 0 saturated heterocycles. The number of aromatic nitrogens is 3. The topological polar surface area (TPSA) is 38.7 Å². The van der Waals surface area contributed by atoms with Crippen LogP contribution in [0.4, 0.5) is 0 Å². The molecule has 0 radical (unpaired) electrons. The molecule has 1 aromatic heterocycles.